The van der Waals surface area contributed by atoms with Crippen molar-refractivity contribution in [1.29, 1.82) is 0 Å². The van der Waals surface area contributed by atoms with E-state index in [1.54, 1.807) is 12.1 Å². The largest absolute Gasteiger partial charge is 0.351 e. The zero-order valence-corrected chi connectivity index (χ0v) is 15.7. The summed E-state index contributed by atoms with van der Waals surface area (Å²) in [5, 5.41) is 6.16. The van der Waals surface area contributed by atoms with Crippen molar-refractivity contribution in [3.8, 4) is 0 Å². The van der Waals surface area contributed by atoms with Gasteiger partial charge >= 0.3 is 0 Å². The molecule has 0 atom stereocenters. The number of nitrogens with zero attached hydrogens (tertiary/aromatic N) is 2. The predicted octanol–water partition coefficient (Wildman–Crippen LogP) is 0.517. The molecular formula is C18H23N5O3S. The molecule has 144 valence electrons. The molecule has 8 nitrogen and oxygen atoms in total. The second-order valence-corrected chi connectivity index (χ2v) is 7.90. The lowest BCUT2D eigenvalue weighted by atomic mass is 10.2. The number of piperazine rings is 1. The highest BCUT2D eigenvalue weighted by Gasteiger charge is 2.15. The first kappa shape index (κ1) is 19.3. The van der Waals surface area contributed by atoms with Crippen molar-refractivity contribution >= 4 is 21.6 Å². The molecule has 1 amide bonds. The van der Waals surface area contributed by atoms with Gasteiger partial charge < -0.3 is 10.6 Å². The van der Waals surface area contributed by atoms with Gasteiger partial charge in [0, 0.05) is 57.2 Å². The zero-order chi connectivity index (χ0) is 19.1. The SMILES string of the molecule is O=C(NCCN1CCNCC1)c1ccc(S(=O)(=O)Nc2ccncc2)cc1. The Hall–Kier alpha value is -2.49. The number of rotatable bonds is 7. The van der Waals surface area contributed by atoms with E-state index in [9.17, 15) is 13.2 Å². The Morgan fingerprint density at radius 3 is 2.41 bits per heavy atom. The van der Waals surface area contributed by atoms with Gasteiger partial charge in [0.1, 0.15) is 0 Å². The monoisotopic (exact) mass is 389 g/mol. The lowest BCUT2D eigenvalue weighted by Gasteiger charge is -2.27. The van der Waals surface area contributed by atoms with E-state index in [2.05, 4.69) is 25.2 Å². The second kappa shape index (κ2) is 8.94. The van der Waals surface area contributed by atoms with Gasteiger partial charge in [-0.25, -0.2) is 8.42 Å². The Balaban J connectivity index is 1.55. The van der Waals surface area contributed by atoms with E-state index in [-0.39, 0.29) is 10.8 Å². The first-order valence-corrected chi connectivity index (χ1v) is 10.3. The molecule has 1 fully saturated rings. The molecule has 1 aliphatic heterocycles. The summed E-state index contributed by atoms with van der Waals surface area (Å²) in [6, 6.07) is 9.02. The van der Waals surface area contributed by atoms with Crippen molar-refractivity contribution in [3.05, 3.63) is 54.4 Å². The summed E-state index contributed by atoms with van der Waals surface area (Å²) in [6.07, 6.45) is 3.01. The van der Waals surface area contributed by atoms with E-state index in [4.69, 9.17) is 0 Å². The Morgan fingerprint density at radius 2 is 1.74 bits per heavy atom. The van der Waals surface area contributed by atoms with Crippen LogP contribution in [-0.2, 0) is 10.0 Å². The van der Waals surface area contributed by atoms with Crippen molar-refractivity contribution in [2.45, 2.75) is 4.90 Å². The van der Waals surface area contributed by atoms with Gasteiger partial charge in [0.2, 0.25) is 0 Å². The topological polar surface area (TPSA) is 103 Å². The van der Waals surface area contributed by atoms with Crippen molar-refractivity contribution < 1.29 is 13.2 Å². The number of hydrogen-bond donors (Lipinski definition) is 3. The number of aromatic nitrogens is 1. The summed E-state index contributed by atoms with van der Waals surface area (Å²) in [7, 11) is -3.71. The van der Waals surface area contributed by atoms with Gasteiger partial charge in [-0.1, -0.05) is 0 Å². The van der Waals surface area contributed by atoms with Crippen LogP contribution in [0.4, 0.5) is 5.69 Å². The summed E-state index contributed by atoms with van der Waals surface area (Å²) < 4.78 is 27.2. The summed E-state index contributed by atoms with van der Waals surface area (Å²) in [5.41, 5.74) is 0.859. The second-order valence-electron chi connectivity index (χ2n) is 6.21. The van der Waals surface area contributed by atoms with Crippen molar-refractivity contribution in [3.63, 3.8) is 0 Å². The minimum absolute atomic E-state index is 0.0941. The van der Waals surface area contributed by atoms with E-state index < -0.39 is 10.0 Å². The number of carbonyl (C=O) groups is 1. The van der Waals surface area contributed by atoms with Crippen LogP contribution in [-0.4, -0.2) is 63.5 Å². The molecule has 3 rings (SSSR count). The van der Waals surface area contributed by atoms with Crippen molar-refractivity contribution in [2.24, 2.45) is 0 Å². The summed E-state index contributed by atoms with van der Waals surface area (Å²) in [6.45, 7) is 5.26. The van der Waals surface area contributed by atoms with Crippen LogP contribution in [0.1, 0.15) is 10.4 Å². The van der Waals surface area contributed by atoms with Crippen LogP contribution in [0.5, 0.6) is 0 Å². The lowest BCUT2D eigenvalue weighted by Crippen LogP contribution is -2.46. The zero-order valence-electron chi connectivity index (χ0n) is 14.9. The van der Waals surface area contributed by atoms with Crippen LogP contribution in [0.25, 0.3) is 0 Å². The first-order chi connectivity index (χ1) is 13.0. The smallest absolute Gasteiger partial charge is 0.261 e. The molecule has 9 heteroatoms. The molecule has 1 aromatic carbocycles. The third-order valence-electron chi connectivity index (χ3n) is 4.28. The Morgan fingerprint density at radius 1 is 1.07 bits per heavy atom. The van der Waals surface area contributed by atoms with E-state index in [0.717, 1.165) is 32.7 Å². The van der Waals surface area contributed by atoms with Gasteiger partial charge in [-0.15, -0.1) is 0 Å². The molecule has 1 aromatic heterocycles. The van der Waals surface area contributed by atoms with Crippen LogP contribution >= 0.6 is 0 Å². The quantitative estimate of drug-likeness (QED) is 0.638. The van der Waals surface area contributed by atoms with Crippen LogP contribution in [0.15, 0.2) is 53.7 Å². The highest BCUT2D eigenvalue weighted by atomic mass is 32.2. The van der Waals surface area contributed by atoms with Crippen molar-refractivity contribution in [2.75, 3.05) is 44.0 Å². The number of sulfonamides is 1. The third kappa shape index (κ3) is 5.49. The maximum atomic E-state index is 12.4. The maximum Gasteiger partial charge on any atom is 0.261 e. The number of pyridine rings is 1. The molecule has 2 heterocycles. The number of hydrogen-bond acceptors (Lipinski definition) is 6. The number of amides is 1. The average molecular weight is 389 g/mol. The number of nitrogens with one attached hydrogen (secondary N) is 3. The highest BCUT2D eigenvalue weighted by molar-refractivity contribution is 7.92. The van der Waals surface area contributed by atoms with Gasteiger partial charge in [0.25, 0.3) is 15.9 Å². The normalized spacial score (nSPS) is 15.3. The maximum absolute atomic E-state index is 12.4. The van der Waals surface area contributed by atoms with Gasteiger partial charge in [0.15, 0.2) is 0 Å². The molecule has 2 aromatic rings. The van der Waals surface area contributed by atoms with Gasteiger partial charge in [0.05, 0.1) is 10.6 Å². The fourth-order valence-electron chi connectivity index (χ4n) is 2.78. The highest BCUT2D eigenvalue weighted by Crippen LogP contribution is 2.15. The van der Waals surface area contributed by atoms with Gasteiger partial charge in [-0.2, -0.15) is 0 Å². The molecule has 0 radical (unpaired) electrons. The molecule has 0 aliphatic carbocycles. The molecule has 0 bridgehead atoms. The van der Waals surface area contributed by atoms with E-state index in [0.29, 0.717) is 17.8 Å². The average Bonchev–Trinajstić information content (AvgIpc) is 2.69. The van der Waals surface area contributed by atoms with E-state index in [1.165, 1.54) is 36.7 Å². The van der Waals surface area contributed by atoms with E-state index in [1.807, 2.05) is 0 Å². The number of anilines is 1. The minimum atomic E-state index is -3.71. The van der Waals surface area contributed by atoms with E-state index >= 15 is 0 Å². The fraction of sp³-hybridized carbons (Fsp3) is 0.333. The molecule has 3 N–H and O–H groups in total. The third-order valence-corrected chi connectivity index (χ3v) is 5.68. The molecule has 1 saturated heterocycles. The number of benzene rings is 1. The molecule has 0 unspecified atom stereocenters. The Bertz CT molecular complexity index is 850. The molecule has 0 saturated carbocycles. The van der Waals surface area contributed by atoms with Crippen LogP contribution in [0.3, 0.4) is 0 Å². The van der Waals surface area contributed by atoms with Gasteiger partial charge in [-0.3, -0.25) is 19.4 Å². The molecule has 0 spiro atoms. The Labute approximate surface area is 159 Å². The first-order valence-electron chi connectivity index (χ1n) is 8.79. The minimum Gasteiger partial charge on any atom is -0.351 e. The lowest BCUT2D eigenvalue weighted by molar-refractivity contribution is 0.0947. The van der Waals surface area contributed by atoms with Crippen LogP contribution in [0.2, 0.25) is 0 Å². The fourth-order valence-corrected chi connectivity index (χ4v) is 3.84. The predicted molar refractivity (Wildman–Crippen MR) is 103 cm³/mol. The molecular weight excluding hydrogens is 366 g/mol. The summed E-state index contributed by atoms with van der Waals surface area (Å²) in [4.78, 5) is 18.5. The summed E-state index contributed by atoms with van der Waals surface area (Å²) in [5.74, 6) is -0.212. The van der Waals surface area contributed by atoms with Crippen LogP contribution in [0, 0.1) is 0 Å². The Kier molecular flexibility index (Phi) is 6.38. The number of carbonyl (C=O) groups excluding carboxylic acids is 1. The molecule has 27 heavy (non-hydrogen) atoms. The standard InChI is InChI=1S/C18H23N5O3S/c24-18(21-11-14-23-12-9-20-10-13-23)15-1-3-17(4-2-15)27(25,26)22-16-5-7-19-8-6-16/h1-8,20H,9-14H2,(H,19,22)(H,21,24). The van der Waals surface area contributed by atoms with Crippen LogP contribution < -0.4 is 15.4 Å². The van der Waals surface area contributed by atoms with Gasteiger partial charge in [-0.05, 0) is 36.4 Å². The van der Waals surface area contributed by atoms with Crippen molar-refractivity contribution in [1.82, 2.24) is 20.5 Å². The molecule has 1 aliphatic rings. The summed E-state index contributed by atoms with van der Waals surface area (Å²) >= 11 is 0.